The van der Waals surface area contributed by atoms with E-state index in [1.54, 1.807) is 12.1 Å². The third-order valence-corrected chi connectivity index (χ3v) is 2.13. The van der Waals surface area contributed by atoms with Crippen molar-refractivity contribution in [2.24, 2.45) is 0 Å². The number of aliphatic hydroxyl groups is 1. The van der Waals surface area contributed by atoms with Crippen molar-refractivity contribution >= 4 is 11.5 Å². The lowest BCUT2D eigenvalue weighted by Gasteiger charge is -2.14. The van der Waals surface area contributed by atoms with E-state index >= 15 is 0 Å². The Labute approximate surface area is 95.6 Å². The number of pyridine rings is 1. The lowest BCUT2D eigenvalue weighted by molar-refractivity contribution is 0.282. The van der Waals surface area contributed by atoms with Crippen molar-refractivity contribution in [3.8, 4) is 5.88 Å². The number of anilines is 2. The van der Waals surface area contributed by atoms with Crippen molar-refractivity contribution in [3.63, 3.8) is 0 Å². The molecule has 5 heteroatoms. The first-order valence-corrected chi connectivity index (χ1v) is 5.44. The maximum Gasteiger partial charge on any atom is 0.239 e. The Bertz CT molecular complexity index is 331. The van der Waals surface area contributed by atoms with E-state index in [1.165, 1.54) is 0 Å². The number of hydrogen-bond acceptors (Lipinski definition) is 5. The summed E-state index contributed by atoms with van der Waals surface area (Å²) in [7, 11) is 0. The SMILES string of the molecule is CCOc1nc(NC(C)CCO)ccc1N. The average Bonchev–Trinajstić information content (AvgIpc) is 2.24. The molecule has 0 aromatic carbocycles. The summed E-state index contributed by atoms with van der Waals surface area (Å²) in [6.45, 7) is 4.55. The predicted octanol–water partition coefficient (Wildman–Crippen LogP) is 1.25. The zero-order valence-corrected chi connectivity index (χ0v) is 9.73. The number of nitrogens with two attached hydrogens (primary N) is 1. The normalized spacial score (nSPS) is 12.2. The molecule has 1 heterocycles. The zero-order chi connectivity index (χ0) is 12.0. The van der Waals surface area contributed by atoms with E-state index in [0.717, 1.165) is 0 Å². The van der Waals surface area contributed by atoms with E-state index in [2.05, 4.69) is 10.3 Å². The van der Waals surface area contributed by atoms with Crippen LogP contribution in [0.25, 0.3) is 0 Å². The molecule has 0 saturated heterocycles. The molecular weight excluding hydrogens is 206 g/mol. The molecule has 1 unspecified atom stereocenters. The Morgan fingerprint density at radius 3 is 2.94 bits per heavy atom. The Hall–Kier alpha value is -1.49. The summed E-state index contributed by atoms with van der Waals surface area (Å²) in [5.74, 6) is 1.15. The maximum absolute atomic E-state index is 8.79. The van der Waals surface area contributed by atoms with E-state index < -0.39 is 0 Å². The molecule has 16 heavy (non-hydrogen) atoms. The molecule has 0 amide bonds. The number of ether oxygens (including phenoxy) is 1. The molecule has 1 aromatic heterocycles. The van der Waals surface area contributed by atoms with Crippen molar-refractivity contribution in [1.29, 1.82) is 0 Å². The summed E-state index contributed by atoms with van der Waals surface area (Å²) in [6, 6.07) is 3.72. The first-order chi connectivity index (χ1) is 7.67. The molecule has 5 nitrogen and oxygen atoms in total. The van der Waals surface area contributed by atoms with Crippen molar-refractivity contribution in [2.75, 3.05) is 24.3 Å². The van der Waals surface area contributed by atoms with Gasteiger partial charge in [0.25, 0.3) is 0 Å². The van der Waals surface area contributed by atoms with E-state index in [4.69, 9.17) is 15.6 Å². The van der Waals surface area contributed by atoms with Crippen LogP contribution in [0.2, 0.25) is 0 Å². The van der Waals surface area contributed by atoms with Gasteiger partial charge in [-0.05, 0) is 32.4 Å². The fourth-order valence-corrected chi connectivity index (χ4v) is 1.30. The fraction of sp³-hybridized carbons (Fsp3) is 0.545. The molecule has 0 saturated carbocycles. The van der Waals surface area contributed by atoms with Gasteiger partial charge in [0.2, 0.25) is 5.88 Å². The van der Waals surface area contributed by atoms with Crippen LogP contribution in [-0.4, -0.2) is 29.3 Å². The summed E-state index contributed by atoms with van der Waals surface area (Å²) < 4.78 is 5.29. The van der Waals surface area contributed by atoms with Crippen LogP contribution in [0.5, 0.6) is 5.88 Å². The molecule has 0 radical (unpaired) electrons. The number of aliphatic hydroxyl groups excluding tert-OH is 1. The highest BCUT2D eigenvalue weighted by Gasteiger charge is 2.06. The molecule has 90 valence electrons. The van der Waals surface area contributed by atoms with Gasteiger partial charge in [-0.25, -0.2) is 0 Å². The minimum absolute atomic E-state index is 0.154. The highest BCUT2D eigenvalue weighted by molar-refractivity contribution is 5.53. The van der Waals surface area contributed by atoms with Crippen molar-refractivity contribution < 1.29 is 9.84 Å². The van der Waals surface area contributed by atoms with E-state index in [-0.39, 0.29) is 12.6 Å². The predicted molar refractivity (Wildman–Crippen MR) is 64.6 cm³/mol. The number of nitrogens with one attached hydrogen (secondary N) is 1. The van der Waals surface area contributed by atoms with Crippen LogP contribution >= 0.6 is 0 Å². The number of aromatic nitrogens is 1. The Morgan fingerprint density at radius 2 is 2.31 bits per heavy atom. The Morgan fingerprint density at radius 1 is 1.56 bits per heavy atom. The lowest BCUT2D eigenvalue weighted by atomic mass is 10.2. The molecule has 0 aliphatic rings. The van der Waals surface area contributed by atoms with Crippen LogP contribution in [0.15, 0.2) is 12.1 Å². The van der Waals surface area contributed by atoms with Gasteiger partial charge in [-0.1, -0.05) is 0 Å². The monoisotopic (exact) mass is 225 g/mol. The molecule has 0 aliphatic heterocycles. The van der Waals surface area contributed by atoms with E-state index in [1.807, 2.05) is 13.8 Å². The van der Waals surface area contributed by atoms with Crippen molar-refractivity contribution in [3.05, 3.63) is 12.1 Å². The van der Waals surface area contributed by atoms with Gasteiger partial charge in [0.1, 0.15) is 5.82 Å². The third-order valence-electron chi connectivity index (χ3n) is 2.13. The second-order valence-electron chi connectivity index (χ2n) is 3.58. The van der Waals surface area contributed by atoms with E-state index in [0.29, 0.717) is 30.4 Å². The van der Waals surface area contributed by atoms with Gasteiger partial charge in [0, 0.05) is 12.6 Å². The molecule has 1 atom stereocenters. The lowest BCUT2D eigenvalue weighted by Crippen LogP contribution is -2.17. The largest absolute Gasteiger partial charge is 0.476 e. The Balaban J connectivity index is 2.70. The number of nitrogens with zero attached hydrogens (tertiary/aromatic N) is 1. The fourth-order valence-electron chi connectivity index (χ4n) is 1.30. The second-order valence-corrected chi connectivity index (χ2v) is 3.58. The van der Waals surface area contributed by atoms with Gasteiger partial charge in [0.05, 0.1) is 12.3 Å². The molecule has 4 N–H and O–H groups in total. The van der Waals surface area contributed by atoms with Gasteiger partial charge in [-0.3, -0.25) is 0 Å². The molecular formula is C11H19N3O2. The van der Waals surface area contributed by atoms with Crippen LogP contribution < -0.4 is 15.8 Å². The molecule has 0 fully saturated rings. The first kappa shape index (κ1) is 12.6. The topological polar surface area (TPSA) is 80.4 Å². The highest BCUT2D eigenvalue weighted by atomic mass is 16.5. The molecule has 1 aromatic rings. The van der Waals surface area contributed by atoms with E-state index in [9.17, 15) is 0 Å². The molecule has 0 spiro atoms. The minimum atomic E-state index is 0.154. The van der Waals surface area contributed by atoms with Gasteiger partial charge in [-0.2, -0.15) is 4.98 Å². The standard InChI is InChI=1S/C11H19N3O2/c1-3-16-11-9(12)4-5-10(14-11)13-8(2)6-7-15/h4-5,8,15H,3,6-7,12H2,1-2H3,(H,13,14). The number of hydrogen-bond donors (Lipinski definition) is 3. The highest BCUT2D eigenvalue weighted by Crippen LogP contribution is 2.21. The van der Waals surface area contributed by atoms with Gasteiger partial charge in [-0.15, -0.1) is 0 Å². The molecule has 1 rings (SSSR count). The quantitative estimate of drug-likeness (QED) is 0.679. The summed E-state index contributed by atoms with van der Waals surface area (Å²) in [6.07, 6.45) is 0.677. The maximum atomic E-state index is 8.79. The minimum Gasteiger partial charge on any atom is -0.476 e. The molecule has 0 aliphatic carbocycles. The van der Waals surface area contributed by atoms with Gasteiger partial charge >= 0.3 is 0 Å². The van der Waals surface area contributed by atoms with Gasteiger partial charge < -0.3 is 20.9 Å². The Kier molecular flexibility index (Phi) is 4.85. The summed E-state index contributed by atoms with van der Waals surface area (Å²) in [4.78, 5) is 4.24. The van der Waals surface area contributed by atoms with Crippen molar-refractivity contribution in [2.45, 2.75) is 26.3 Å². The summed E-state index contributed by atoms with van der Waals surface area (Å²) in [5, 5.41) is 12.0. The van der Waals surface area contributed by atoms with Crippen LogP contribution in [0.3, 0.4) is 0 Å². The van der Waals surface area contributed by atoms with Crippen molar-refractivity contribution in [1.82, 2.24) is 4.98 Å². The smallest absolute Gasteiger partial charge is 0.239 e. The summed E-state index contributed by atoms with van der Waals surface area (Å²) >= 11 is 0. The zero-order valence-electron chi connectivity index (χ0n) is 9.73. The van der Waals surface area contributed by atoms with Crippen LogP contribution in [0.1, 0.15) is 20.3 Å². The second kappa shape index (κ2) is 6.17. The average molecular weight is 225 g/mol. The first-order valence-electron chi connectivity index (χ1n) is 5.44. The number of rotatable bonds is 6. The summed E-state index contributed by atoms with van der Waals surface area (Å²) in [5.41, 5.74) is 6.24. The molecule has 0 bridgehead atoms. The number of nitrogen functional groups attached to an aromatic ring is 1. The van der Waals surface area contributed by atoms with Gasteiger partial charge in [0.15, 0.2) is 0 Å². The van der Waals surface area contributed by atoms with Crippen LogP contribution in [-0.2, 0) is 0 Å². The van der Waals surface area contributed by atoms with Crippen LogP contribution in [0, 0.1) is 0 Å². The third kappa shape index (κ3) is 3.58. The van der Waals surface area contributed by atoms with Crippen LogP contribution in [0.4, 0.5) is 11.5 Å².